The number of ether oxygens (including phenoxy) is 4. The molecule has 6 aliphatic rings. The van der Waals surface area contributed by atoms with Gasteiger partial charge < -0.3 is 23.4 Å². The number of esters is 2. The molecule has 2 spiro atoms. The Labute approximate surface area is 210 Å². The minimum Gasteiger partial charge on any atom is -0.472 e. The molecule has 194 valence electrons. The van der Waals surface area contributed by atoms with Crippen LogP contribution in [0.5, 0.6) is 0 Å². The smallest absolute Gasteiger partial charge is 0.339 e. The van der Waals surface area contributed by atoms with Gasteiger partial charge in [-0.1, -0.05) is 13.3 Å². The predicted octanol–water partition coefficient (Wildman–Crippen LogP) is 3.92. The lowest BCUT2D eigenvalue weighted by Crippen LogP contribution is -2.71. The lowest BCUT2D eigenvalue weighted by Gasteiger charge is -2.62. The van der Waals surface area contributed by atoms with Crippen molar-refractivity contribution in [3.63, 3.8) is 0 Å². The topological polar surface area (TPSA) is 105 Å². The molecular formula is C28H34O8. The van der Waals surface area contributed by atoms with Crippen molar-refractivity contribution < 1.29 is 37.7 Å². The highest BCUT2D eigenvalue weighted by atomic mass is 16.7. The summed E-state index contributed by atoms with van der Waals surface area (Å²) in [4.78, 5) is 40.4. The fourth-order valence-corrected chi connectivity index (χ4v) is 10.1. The maximum absolute atomic E-state index is 14.5. The van der Waals surface area contributed by atoms with Gasteiger partial charge in [-0.2, -0.15) is 0 Å². The summed E-state index contributed by atoms with van der Waals surface area (Å²) < 4.78 is 30.4. The van der Waals surface area contributed by atoms with Crippen LogP contribution >= 0.6 is 0 Å². The largest absolute Gasteiger partial charge is 0.472 e. The minimum atomic E-state index is -1.01. The molecule has 0 N–H and O–H groups in total. The zero-order valence-corrected chi connectivity index (χ0v) is 21.6. The third-order valence-electron chi connectivity index (χ3n) is 11.5. The van der Waals surface area contributed by atoms with E-state index in [4.69, 9.17) is 23.4 Å². The number of rotatable bonds is 1. The van der Waals surface area contributed by atoms with Crippen molar-refractivity contribution in [1.29, 1.82) is 0 Å². The van der Waals surface area contributed by atoms with E-state index in [1.165, 1.54) is 0 Å². The molecule has 8 heteroatoms. The molecular weight excluding hydrogens is 464 g/mol. The summed E-state index contributed by atoms with van der Waals surface area (Å²) in [5.74, 6) is -0.867. The number of Topliss-reactive ketones (excluding diaryl/α,β-unsaturated/α-hetero) is 1. The number of ketones is 1. The van der Waals surface area contributed by atoms with Crippen molar-refractivity contribution >= 4 is 17.7 Å². The second-order valence-corrected chi connectivity index (χ2v) is 13.2. The first-order chi connectivity index (χ1) is 16.9. The molecule has 4 aliphatic heterocycles. The number of hydrogen-bond acceptors (Lipinski definition) is 8. The number of cyclic esters (lactones) is 2. The highest BCUT2D eigenvalue weighted by Crippen LogP contribution is 2.79. The maximum atomic E-state index is 14.5. The Bertz CT molecular complexity index is 1190. The molecule has 1 unspecified atom stereocenters. The molecule has 8 nitrogen and oxygen atoms in total. The molecule has 2 saturated carbocycles. The Morgan fingerprint density at radius 2 is 1.78 bits per heavy atom. The van der Waals surface area contributed by atoms with Crippen LogP contribution in [0.2, 0.25) is 0 Å². The molecule has 5 heterocycles. The first kappa shape index (κ1) is 23.0. The lowest BCUT2D eigenvalue weighted by atomic mass is 9.40. The van der Waals surface area contributed by atoms with Crippen LogP contribution in [-0.2, 0) is 33.3 Å². The highest BCUT2D eigenvalue weighted by molar-refractivity contribution is 5.93. The van der Waals surface area contributed by atoms with Gasteiger partial charge >= 0.3 is 11.9 Å². The number of carbonyl (C=O) groups is 3. The molecule has 9 atom stereocenters. The van der Waals surface area contributed by atoms with Gasteiger partial charge in [-0.25, -0.2) is 4.79 Å². The van der Waals surface area contributed by atoms with Gasteiger partial charge in [0.2, 0.25) is 0 Å². The van der Waals surface area contributed by atoms with Crippen LogP contribution in [0.15, 0.2) is 23.0 Å². The summed E-state index contributed by atoms with van der Waals surface area (Å²) >= 11 is 0. The number of fused-ring (bicyclic) bond motifs is 1. The van der Waals surface area contributed by atoms with E-state index in [9.17, 15) is 14.4 Å². The summed E-state index contributed by atoms with van der Waals surface area (Å²) in [6, 6.07) is 1.83. The third kappa shape index (κ3) is 2.21. The van der Waals surface area contributed by atoms with E-state index in [0.29, 0.717) is 6.42 Å². The second kappa shape index (κ2) is 6.44. The van der Waals surface area contributed by atoms with Crippen LogP contribution in [0, 0.1) is 28.1 Å². The molecule has 4 saturated heterocycles. The van der Waals surface area contributed by atoms with Crippen molar-refractivity contribution in [2.75, 3.05) is 6.61 Å². The Morgan fingerprint density at radius 3 is 2.50 bits per heavy atom. The van der Waals surface area contributed by atoms with Crippen molar-refractivity contribution in [2.45, 2.75) is 95.7 Å². The first-order valence-electron chi connectivity index (χ1n) is 13.2. The standard InChI is InChI=1S/C28H34O8/c1-23(2)17-11-18(29)26(5)16(27(17)14-33-19(30)12-25(27,4)36-23)7-6-9-24(3)20(15-8-10-32-13-15)34-22(31)21-28(24,26)35-21/h8,10,13,16-17,20-21H,6-7,9,11-12,14H2,1-5H3/t16-,17+,20+,21-,24+,25+,26+,27?,28-/m1/s1. The van der Waals surface area contributed by atoms with E-state index < -0.39 is 51.2 Å². The zero-order chi connectivity index (χ0) is 25.5. The third-order valence-corrected chi connectivity index (χ3v) is 11.5. The van der Waals surface area contributed by atoms with Crippen LogP contribution in [0.3, 0.4) is 0 Å². The Hall–Kier alpha value is -2.19. The second-order valence-electron chi connectivity index (χ2n) is 13.2. The van der Waals surface area contributed by atoms with E-state index >= 15 is 0 Å². The van der Waals surface area contributed by atoms with Crippen molar-refractivity contribution in [2.24, 2.45) is 28.1 Å². The van der Waals surface area contributed by atoms with Gasteiger partial charge in [-0.05, 0) is 52.5 Å². The van der Waals surface area contributed by atoms with E-state index in [1.807, 2.05) is 33.8 Å². The average Bonchev–Trinajstić information content (AvgIpc) is 3.35. The van der Waals surface area contributed by atoms with E-state index in [1.54, 1.807) is 12.5 Å². The van der Waals surface area contributed by atoms with Gasteiger partial charge in [0.1, 0.15) is 24.1 Å². The molecule has 1 aromatic heterocycles. The summed E-state index contributed by atoms with van der Waals surface area (Å²) in [6.45, 7) is 10.4. The van der Waals surface area contributed by atoms with Crippen LogP contribution in [-0.4, -0.2) is 47.2 Å². The monoisotopic (exact) mass is 498 g/mol. The summed E-state index contributed by atoms with van der Waals surface area (Å²) in [7, 11) is 0. The quantitative estimate of drug-likeness (QED) is 0.424. The molecule has 0 bridgehead atoms. The van der Waals surface area contributed by atoms with Crippen molar-refractivity contribution in [3.05, 3.63) is 24.2 Å². The minimum absolute atomic E-state index is 0.105. The maximum Gasteiger partial charge on any atom is 0.339 e. The molecule has 7 rings (SSSR count). The van der Waals surface area contributed by atoms with Gasteiger partial charge in [-0.15, -0.1) is 0 Å². The van der Waals surface area contributed by atoms with Crippen LogP contribution in [0.1, 0.15) is 78.4 Å². The molecule has 36 heavy (non-hydrogen) atoms. The van der Waals surface area contributed by atoms with Crippen molar-refractivity contribution in [1.82, 2.24) is 0 Å². The predicted molar refractivity (Wildman–Crippen MR) is 123 cm³/mol. The van der Waals surface area contributed by atoms with E-state index in [0.717, 1.165) is 24.8 Å². The fraction of sp³-hybridized carbons (Fsp3) is 0.750. The number of hydrogen-bond donors (Lipinski definition) is 0. The highest BCUT2D eigenvalue weighted by Gasteiger charge is 2.89. The van der Waals surface area contributed by atoms with Gasteiger partial charge in [-0.3, -0.25) is 9.59 Å². The van der Waals surface area contributed by atoms with E-state index in [2.05, 4.69) is 6.92 Å². The molecule has 0 amide bonds. The van der Waals surface area contributed by atoms with Crippen molar-refractivity contribution in [3.8, 4) is 0 Å². The zero-order valence-electron chi connectivity index (χ0n) is 21.6. The van der Waals surface area contributed by atoms with Crippen LogP contribution < -0.4 is 0 Å². The SMILES string of the molecule is CC1(C)O[C@@]2(C)CC(=O)OCC23[C@H]1CC(=O)[C@]1(C)[C@H]3CCC[C@@]2(C)[C@H](c3ccoc3)OC(=O)[C@H]3O[C@]321. The molecule has 0 aromatic carbocycles. The van der Waals surface area contributed by atoms with E-state index in [-0.39, 0.29) is 36.6 Å². The number of epoxide rings is 1. The number of carbonyl (C=O) groups excluding carboxylic acids is 3. The molecule has 0 radical (unpaired) electrons. The molecule has 2 aliphatic carbocycles. The van der Waals surface area contributed by atoms with Crippen LogP contribution in [0.25, 0.3) is 0 Å². The Kier molecular flexibility index (Phi) is 4.11. The average molecular weight is 499 g/mol. The molecule has 6 fully saturated rings. The lowest BCUT2D eigenvalue weighted by molar-refractivity contribution is -0.221. The number of furan rings is 1. The van der Waals surface area contributed by atoms with Gasteiger partial charge in [0.25, 0.3) is 0 Å². The Balaban J connectivity index is 1.45. The van der Waals surface area contributed by atoms with Gasteiger partial charge in [0.15, 0.2) is 6.10 Å². The molecule has 1 aromatic rings. The van der Waals surface area contributed by atoms with Gasteiger partial charge in [0, 0.05) is 28.7 Å². The summed E-state index contributed by atoms with van der Waals surface area (Å²) in [5.41, 5.74) is -3.77. The first-order valence-corrected chi connectivity index (χ1v) is 13.2. The summed E-state index contributed by atoms with van der Waals surface area (Å²) in [5, 5.41) is 0. The Morgan fingerprint density at radius 1 is 1.00 bits per heavy atom. The van der Waals surface area contributed by atoms with Crippen LogP contribution in [0.4, 0.5) is 0 Å². The van der Waals surface area contributed by atoms with Gasteiger partial charge in [0.05, 0.1) is 35.6 Å². The summed E-state index contributed by atoms with van der Waals surface area (Å²) in [6.07, 6.45) is 4.59. The normalized spacial score (nSPS) is 52.5. The fourth-order valence-electron chi connectivity index (χ4n) is 10.1.